The van der Waals surface area contributed by atoms with Crippen LogP contribution in [0, 0.1) is 0 Å². The summed E-state index contributed by atoms with van der Waals surface area (Å²) < 4.78 is 28.0. The van der Waals surface area contributed by atoms with Gasteiger partial charge in [0.25, 0.3) is 0 Å². The lowest BCUT2D eigenvalue weighted by Gasteiger charge is -2.14. The third-order valence-electron chi connectivity index (χ3n) is 2.58. The molecule has 16 heavy (non-hydrogen) atoms. The minimum absolute atomic E-state index is 0.202. The van der Waals surface area contributed by atoms with Gasteiger partial charge in [-0.1, -0.05) is 13.8 Å². The molecule has 2 N–H and O–H groups in total. The van der Waals surface area contributed by atoms with E-state index < -0.39 is 10.0 Å². The molecule has 0 bridgehead atoms. The fraction of sp³-hybridized carbons (Fsp3) is 0.455. The van der Waals surface area contributed by atoms with E-state index in [4.69, 9.17) is 9.88 Å². The highest BCUT2D eigenvalue weighted by atomic mass is 32.2. The van der Waals surface area contributed by atoms with Gasteiger partial charge in [-0.15, -0.1) is 0 Å². The van der Waals surface area contributed by atoms with Gasteiger partial charge in [-0.25, -0.2) is 13.6 Å². The average Bonchev–Trinajstić information content (AvgIpc) is 2.25. The molecular weight excluding hydrogens is 226 g/mol. The van der Waals surface area contributed by atoms with Gasteiger partial charge in [-0.3, -0.25) is 0 Å². The Labute approximate surface area is 96.5 Å². The van der Waals surface area contributed by atoms with Crippen LogP contribution < -0.4 is 9.88 Å². The smallest absolute Gasteiger partial charge is 0.238 e. The highest BCUT2D eigenvalue weighted by Crippen LogP contribution is 2.28. The zero-order chi connectivity index (χ0) is 12.3. The lowest BCUT2D eigenvalue weighted by atomic mass is 10.0. The van der Waals surface area contributed by atoms with Crippen molar-refractivity contribution in [2.75, 3.05) is 7.11 Å². The minimum atomic E-state index is -3.66. The van der Waals surface area contributed by atoms with E-state index in [1.54, 1.807) is 13.2 Å². The van der Waals surface area contributed by atoms with Crippen LogP contribution in [0.3, 0.4) is 0 Å². The van der Waals surface area contributed by atoms with Crippen LogP contribution in [0.5, 0.6) is 5.75 Å². The van der Waals surface area contributed by atoms with E-state index in [0.29, 0.717) is 12.2 Å². The molecule has 90 valence electrons. The van der Waals surface area contributed by atoms with Crippen molar-refractivity contribution in [3.05, 3.63) is 23.3 Å². The molecule has 1 aromatic carbocycles. The number of nitrogens with two attached hydrogens (primary N) is 1. The van der Waals surface area contributed by atoms with E-state index in [9.17, 15) is 8.42 Å². The maximum absolute atomic E-state index is 11.4. The average molecular weight is 243 g/mol. The third kappa shape index (κ3) is 2.36. The Hall–Kier alpha value is -1.07. The monoisotopic (exact) mass is 243 g/mol. The first-order valence-corrected chi connectivity index (χ1v) is 6.71. The van der Waals surface area contributed by atoms with E-state index >= 15 is 0 Å². The van der Waals surface area contributed by atoms with Crippen molar-refractivity contribution >= 4 is 10.0 Å². The molecule has 0 fully saturated rings. The van der Waals surface area contributed by atoms with Gasteiger partial charge >= 0.3 is 0 Å². The molecule has 0 aliphatic rings. The van der Waals surface area contributed by atoms with Crippen LogP contribution in [0.15, 0.2) is 17.0 Å². The number of rotatable bonds is 4. The Morgan fingerprint density at radius 3 is 2.12 bits per heavy atom. The zero-order valence-corrected chi connectivity index (χ0v) is 10.6. The normalized spacial score (nSPS) is 11.5. The number of hydrogen-bond donors (Lipinski definition) is 1. The quantitative estimate of drug-likeness (QED) is 0.870. The van der Waals surface area contributed by atoms with Crippen LogP contribution in [0.25, 0.3) is 0 Å². The molecule has 0 unspecified atom stereocenters. The van der Waals surface area contributed by atoms with Gasteiger partial charge in [-0.05, 0) is 36.1 Å². The Bertz CT molecular complexity index is 480. The topological polar surface area (TPSA) is 69.4 Å². The van der Waals surface area contributed by atoms with Crippen LogP contribution in [-0.4, -0.2) is 15.5 Å². The first kappa shape index (κ1) is 13.0. The molecule has 0 saturated heterocycles. The maximum atomic E-state index is 11.4. The zero-order valence-electron chi connectivity index (χ0n) is 9.78. The number of benzene rings is 1. The summed E-state index contributed by atoms with van der Waals surface area (Å²) in [6, 6.07) is 3.16. The van der Waals surface area contributed by atoms with E-state index in [1.807, 2.05) is 13.8 Å². The van der Waals surface area contributed by atoms with Crippen molar-refractivity contribution in [2.24, 2.45) is 5.14 Å². The van der Waals surface area contributed by atoms with Gasteiger partial charge in [-0.2, -0.15) is 0 Å². The molecule has 0 aliphatic carbocycles. The number of hydrogen-bond acceptors (Lipinski definition) is 3. The van der Waals surface area contributed by atoms with Crippen molar-refractivity contribution in [2.45, 2.75) is 31.6 Å². The lowest BCUT2D eigenvalue weighted by molar-refractivity contribution is 0.409. The van der Waals surface area contributed by atoms with Gasteiger partial charge < -0.3 is 4.74 Å². The largest absolute Gasteiger partial charge is 0.496 e. The predicted molar refractivity (Wildman–Crippen MR) is 63.1 cm³/mol. The van der Waals surface area contributed by atoms with Crippen LogP contribution in [0.2, 0.25) is 0 Å². The molecular formula is C11H17NO3S. The van der Waals surface area contributed by atoms with Crippen molar-refractivity contribution in [3.8, 4) is 5.75 Å². The van der Waals surface area contributed by atoms with Crippen molar-refractivity contribution < 1.29 is 13.2 Å². The SMILES string of the molecule is CCc1c(OC)ccc(S(N)(=O)=O)c1CC. The van der Waals surface area contributed by atoms with Crippen molar-refractivity contribution in [1.29, 1.82) is 0 Å². The molecule has 0 amide bonds. The molecule has 0 heterocycles. The summed E-state index contributed by atoms with van der Waals surface area (Å²) >= 11 is 0. The highest BCUT2D eigenvalue weighted by molar-refractivity contribution is 7.89. The Morgan fingerprint density at radius 2 is 1.75 bits per heavy atom. The molecule has 0 aliphatic heterocycles. The van der Waals surface area contributed by atoms with Crippen LogP contribution in [0.1, 0.15) is 25.0 Å². The lowest BCUT2D eigenvalue weighted by Crippen LogP contribution is -2.15. The van der Waals surface area contributed by atoms with Gasteiger partial charge in [0.1, 0.15) is 5.75 Å². The summed E-state index contributed by atoms with van der Waals surface area (Å²) in [6.07, 6.45) is 1.34. The van der Waals surface area contributed by atoms with E-state index in [2.05, 4.69) is 0 Å². The molecule has 5 heteroatoms. The van der Waals surface area contributed by atoms with Gasteiger partial charge in [0.2, 0.25) is 10.0 Å². The van der Waals surface area contributed by atoms with Gasteiger partial charge in [0.15, 0.2) is 0 Å². The Balaban J connectivity index is 3.56. The fourth-order valence-electron chi connectivity index (χ4n) is 1.88. The highest BCUT2D eigenvalue weighted by Gasteiger charge is 2.18. The van der Waals surface area contributed by atoms with Crippen LogP contribution >= 0.6 is 0 Å². The maximum Gasteiger partial charge on any atom is 0.238 e. The standard InChI is InChI=1S/C11H17NO3S/c1-4-8-9(5-2)11(16(12,13)14)7-6-10(8)15-3/h6-7H,4-5H2,1-3H3,(H2,12,13,14). The van der Waals surface area contributed by atoms with E-state index in [1.165, 1.54) is 6.07 Å². The second-order valence-corrected chi connectivity index (χ2v) is 5.01. The summed E-state index contributed by atoms with van der Waals surface area (Å²) in [5, 5.41) is 5.18. The molecule has 0 spiro atoms. The predicted octanol–water partition coefficient (Wildman–Crippen LogP) is 1.47. The number of primary sulfonamides is 1. The van der Waals surface area contributed by atoms with E-state index in [-0.39, 0.29) is 4.90 Å². The summed E-state index contributed by atoms with van der Waals surface area (Å²) in [5.74, 6) is 0.715. The first-order chi connectivity index (χ1) is 7.45. The summed E-state index contributed by atoms with van der Waals surface area (Å²) in [5.41, 5.74) is 1.67. The number of ether oxygens (including phenoxy) is 1. The fourth-order valence-corrected chi connectivity index (χ4v) is 2.75. The van der Waals surface area contributed by atoms with Crippen molar-refractivity contribution in [3.63, 3.8) is 0 Å². The van der Waals surface area contributed by atoms with E-state index in [0.717, 1.165) is 17.5 Å². The molecule has 0 aromatic heterocycles. The Kier molecular flexibility index (Phi) is 3.93. The summed E-state index contributed by atoms with van der Waals surface area (Å²) in [4.78, 5) is 0.202. The molecule has 4 nitrogen and oxygen atoms in total. The van der Waals surface area contributed by atoms with Crippen molar-refractivity contribution in [1.82, 2.24) is 0 Å². The molecule has 0 saturated carbocycles. The molecule has 0 atom stereocenters. The third-order valence-corrected chi connectivity index (χ3v) is 3.57. The first-order valence-electron chi connectivity index (χ1n) is 5.17. The second kappa shape index (κ2) is 4.84. The second-order valence-electron chi connectivity index (χ2n) is 3.48. The molecule has 1 aromatic rings. The summed E-state index contributed by atoms with van der Waals surface area (Å²) in [6.45, 7) is 3.87. The van der Waals surface area contributed by atoms with Crippen LogP contribution in [-0.2, 0) is 22.9 Å². The van der Waals surface area contributed by atoms with Gasteiger partial charge in [0, 0.05) is 0 Å². The summed E-state index contributed by atoms with van der Waals surface area (Å²) in [7, 11) is -2.08. The number of sulfonamides is 1. The number of methoxy groups -OCH3 is 1. The molecule has 1 rings (SSSR count). The van der Waals surface area contributed by atoms with Gasteiger partial charge in [0.05, 0.1) is 12.0 Å². The minimum Gasteiger partial charge on any atom is -0.496 e. The molecule has 0 radical (unpaired) electrons. The van der Waals surface area contributed by atoms with Crippen LogP contribution in [0.4, 0.5) is 0 Å². The Morgan fingerprint density at radius 1 is 1.19 bits per heavy atom.